The number of carbonyl (C=O) groups excluding carboxylic acids is 2. The molecule has 0 saturated carbocycles. The number of methoxy groups -OCH3 is 2. The first-order valence-electron chi connectivity index (χ1n) is 10.0. The van der Waals surface area contributed by atoms with E-state index >= 15 is 0 Å². The van der Waals surface area contributed by atoms with Gasteiger partial charge in [0.2, 0.25) is 0 Å². The summed E-state index contributed by atoms with van der Waals surface area (Å²) in [6, 6.07) is 12.0. The third-order valence-electron chi connectivity index (χ3n) is 4.60. The molecule has 9 heteroatoms. The van der Waals surface area contributed by atoms with E-state index in [9.17, 15) is 14.7 Å². The van der Waals surface area contributed by atoms with E-state index in [0.29, 0.717) is 28.4 Å². The zero-order chi connectivity index (χ0) is 24.1. The first-order chi connectivity index (χ1) is 16.0. The quantitative estimate of drug-likeness (QED) is 0.160. The van der Waals surface area contributed by atoms with Crippen LogP contribution in [0.2, 0.25) is 0 Å². The Kier molecular flexibility index (Phi) is 10.2. The Balaban J connectivity index is 2.11. The first-order valence-corrected chi connectivity index (χ1v) is 10.0. The van der Waals surface area contributed by atoms with Gasteiger partial charge in [-0.2, -0.15) is 0 Å². The Hall–Kier alpha value is -4.07. The number of hydrogen-bond donors (Lipinski definition) is 1. The highest BCUT2D eigenvalue weighted by Gasteiger charge is 2.22. The Morgan fingerprint density at radius 1 is 1.03 bits per heavy atom. The van der Waals surface area contributed by atoms with E-state index in [1.54, 1.807) is 54.6 Å². The van der Waals surface area contributed by atoms with Crippen molar-refractivity contribution in [2.45, 2.75) is 6.42 Å². The van der Waals surface area contributed by atoms with Gasteiger partial charge in [0.15, 0.2) is 29.8 Å². The second kappa shape index (κ2) is 13.4. The molecule has 9 nitrogen and oxygen atoms in total. The molecule has 0 aliphatic rings. The Morgan fingerprint density at radius 2 is 1.70 bits per heavy atom. The molecule has 0 amide bonds. The van der Waals surface area contributed by atoms with E-state index in [1.165, 1.54) is 26.4 Å². The zero-order valence-corrected chi connectivity index (χ0v) is 18.4. The van der Waals surface area contributed by atoms with E-state index in [-0.39, 0.29) is 19.8 Å². The van der Waals surface area contributed by atoms with Crippen LogP contribution in [-0.4, -0.2) is 44.2 Å². The van der Waals surface area contributed by atoms with Crippen molar-refractivity contribution < 1.29 is 28.9 Å². The summed E-state index contributed by atoms with van der Waals surface area (Å²) in [6.07, 6.45) is 5.76. The van der Waals surface area contributed by atoms with E-state index in [2.05, 4.69) is 10.0 Å². The fraction of sp³-hybridized carbons (Fsp3) is 0.250. The molecule has 0 saturated heterocycles. The molecule has 1 N–H and O–H groups in total. The van der Waals surface area contributed by atoms with Crippen LogP contribution in [0.25, 0.3) is 22.6 Å². The first kappa shape index (κ1) is 25.2. The lowest BCUT2D eigenvalue weighted by molar-refractivity contribution is -0.128. The van der Waals surface area contributed by atoms with E-state index < -0.39 is 17.5 Å². The number of aliphatic hydroxyl groups excluding tert-OH is 1. The fourth-order valence-corrected chi connectivity index (χ4v) is 2.94. The molecule has 0 aliphatic heterocycles. The number of ether oxygens (including phenoxy) is 3. The third kappa shape index (κ3) is 7.84. The molecule has 2 aromatic rings. The Morgan fingerprint density at radius 3 is 2.30 bits per heavy atom. The summed E-state index contributed by atoms with van der Waals surface area (Å²) >= 11 is 0. The number of nitrogens with zero attached hydrogens (tertiary/aromatic N) is 3. The molecule has 2 rings (SSSR count). The number of carbonyl (C=O) groups is 2. The molecule has 0 aromatic heterocycles. The number of hydrogen-bond acceptors (Lipinski definition) is 7. The smallest absolute Gasteiger partial charge is 0.167 e. The summed E-state index contributed by atoms with van der Waals surface area (Å²) in [5, 5.41) is 12.6. The van der Waals surface area contributed by atoms with Gasteiger partial charge >= 0.3 is 0 Å². The van der Waals surface area contributed by atoms with Gasteiger partial charge < -0.3 is 19.3 Å². The lowest BCUT2D eigenvalue weighted by Gasteiger charge is -2.09. The number of allylic oxidation sites excluding steroid dienone is 2. The molecule has 0 aliphatic carbocycles. The SMILES string of the molecule is COc1ccc(/C=C/C(=O)C(CCO)C(=O)/C=C/c2cccc(OCN=[N+]=[N-])c2)cc1OC. The van der Waals surface area contributed by atoms with Gasteiger partial charge in [0, 0.05) is 11.5 Å². The van der Waals surface area contributed by atoms with Crippen LogP contribution < -0.4 is 14.2 Å². The predicted molar refractivity (Wildman–Crippen MR) is 124 cm³/mol. The van der Waals surface area contributed by atoms with Gasteiger partial charge in [-0.15, -0.1) is 0 Å². The molecule has 0 bridgehead atoms. The van der Waals surface area contributed by atoms with Gasteiger partial charge in [0.1, 0.15) is 5.75 Å². The van der Waals surface area contributed by atoms with Crippen molar-refractivity contribution in [3.05, 3.63) is 76.2 Å². The van der Waals surface area contributed by atoms with Crippen molar-refractivity contribution in [1.29, 1.82) is 0 Å². The summed E-state index contributed by atoms with van der Waals surface area (Å²) in [5.41, 5.74) is 9.66. The van der Waals surface area contributed by atoms with Gasteiger partial charge in [0.05, 0.1) is 20.1 Å². The Labute approximate surface area is 191 Å². The third-order valence-corrected chi connectivity index (χ3v) is 4.60. The molecule has 0 spiro atoms. The molecule has 0 fully saturated rings. The molecule has 0 radical (unpaired) electrons. The molecule has 33 heavy (non-hydrogen) atoms. The van der Waals surface area contributed by atoms with Crippen molar-refractivity contribution >= 4 is 23.7 Å². The maximum atomic E-state index is 12.7. The summed E-state index contributed by atoms with van der Waals surface area (Å²) in [7, 11) is 3.04. The highest BCUT2D eigenvalue weighted by Crippen LogP contribution is 2.28. The Bertz CT molecular complexity index is 1070. The number of ketones is 2. The molecule has 1 unspecified atom stereocenters. The van der Waals surface area contributed by atoms with Crippen LogP contribution in [0.5, 0.6) is 17.2 Å². The van der Waals surface area contributed by atoms with Crippen LogP contribution in [0.3, 0.4) is 0 Å². The van der Waals surface area contributed by atoms with Crippen LogP contribution in [0.15, 0.2) is 59.7 Å². The highest BCUT2D eigenvalue weighted by molar-refractivity contribution is 6.13. The van der Waals surface area contributed by atoms with Gasteiger partial charge in [-0.05, 0) is 59.5 Å². The maximum absolute atomic E-state index is 12.7. The topological polar surface area (TPSA) is 131 Å². The molecule has 0 heterocycles. The van der Waals surface area contributed by atoms with Crippen LogP contribution in [0.4, 0.5) is 0 Å². The zero-order valence-electron chi connectivity index (χ0n) is 18.4. The normalized spacial score (nSPS) is 11.7. The molecular formula is C24H25N3O6. The van der Waals surface area contributed by atoms with E-state index in [4.69, 9.17) is 19.7 Å². The minimum Gasteiger partial charge on any atom is -0.493 e. The summed E-state index contributed by atoms with van der Waals surface area (Å²) in [6.45, 7) is -0.453. The number of aliphatic hydroxyl groups is 1. The number of azide groups is 1. The highest BCUT2D eigenvalue weighted by atomic mass is 16.5. The van der Waals surface area contributed by atoms with Gasteiger partial charge in [-0.1, -0.05) is 35.5 Å². The van der Waals surface area contributed by atoms with Crippen molar-refractivity contribution in [2.75, 3.05) is 27.6 Å². The minimum atomic E-state index is -1.01. The van der Waals surface area contributed by atoms with E-state index in [1.807, 2.05) is 0 Å². The lowest BCUT2D eigenvalue weighted by atomic mass is 9.94. The van der Waals surface area contributed by atoms with Crippen LogP contribution in [0.1, 0.15) is 17.5 Å². The monoisotopic (exact) mass is 451 g/mol. The van der Waals surface area contributed by atoms with Crippen molar-refractivity contribution in [1.82, 2.24) is 0 Å². The van der Waals surface area contributed by atoms with Crippen molar-refractivity contribution in [3.8, 4) is 17.2 Å². The second-order valence-corrected chi connectivity index (χ2v) is 6.73. The van der Waals surface area contributed by atoms with Gasteiger partial charge in [-0.25, -0.2) is 0 Å². The standard InChI is InChI=1S/C24H25N3O6/c1-31-23-11-8-18(15-24(23)32-2)7-10-22(30)20(12-13-28)21(29)9-6-17-4-3-5-19(14-17)33-16-26-27-25/h3-11,14-15,20,28H,12-13,16H2,1-2H3/b9-6+,10-7+. The second-order valence-electron chi connectivity index (χ2n) is 6.73. The summed E-state index contributed by atoms with van der Waals surface area (Å²) in [5.74, 6) is -0.299. The summed E-state index contributed by atoms with van der Waals surface area (Å²) in [4.78, 5) is 27.9. The van der Waals surface area contributed by atoms with Crippen LogP contribution in [0, 0.1) is 5.92 Å². The summed E-state index contributed by atoms with van der Waals surface area (Å²) < 4.78 is 15.7. The van der Waals surface area contributed by atoms with Crippen molar-refractivity contribution in [2.24, 2.45) is 11.0 Å². The van der Waals surface area contributed by atoms with Crippen molar-refractivity contribution in [3.63, 3.8) is 0 Å². The number of rotatable bonds is 13. The fourth-order valence-electron chi connectivity index (χ4n) is 2.94. The maximum Gasteiger partial charge on any atom is 0.167 e. The minimum absolute atomic E-state index is 0.00753. The molecule has 1 atom stereocenters. The molecule has 2 aromatic carbocycles. The number of benzene rings is 2. The average Bonchev–Trinajstić information content (AvgIpc) is 2.84. The average molecular weight is 451 g/mol. The lowest BCUT2D eigenvalue weighted by Crippen LogP contribution is -2.22. The molecular weight excluding hydrogens is 426 g/mol. The van der Waals surface area contributed by atoms with Crippen LogP contribution >= 0.6 is 0 Å². The van der Waals surface area contributed by atoms with Crippen LogP contribution in [-0.2, 0) is 9.59 Å². The largest absolute Gasteiger partial charge is 0.493 e. The van der Waals surface area contributed by atoms with Gasteiger partial charge in [-0.3, -0.25) is 9.59 Å². The van der Waals surface area contributed by atoms with Gasteiger partial charge in [0.25, 0.3) is 0 Å². The molecule has 172 valence electrons. The predicted octanol–water partition coefficient (Wildman–Crippen LogP) is 4.21. The van der Waals surface area contributed by atoms with E-state index in [0.717, 1.165) is 0 Å².